The number of rotatable bonds is 3. The average molecular weight is 289 g/mol. The molecule has 0 aliphatic carbocycles. The third-order valence-corrected chi connectivity index (χ3v) is 3.46. The third kappa shape index (κ3) is 2.52. The first kappa shape index (κ1) is 13.4. The summed E-state index contributed by atoms with van der Waals surface area (Å²) < 4.78 is 18.4. The minimum atomic E-state index is -1.15. The molecule has 1 aliphatic heterocycles. The number of carbonyl (C=O) groups is 2. The maximum atomic E-state index is 13.3. The van der Waals surface area contributed by atoms with E-state index in [0.29, 0.717) is 24.3 Å². The van der Waals surface area contributed by atoms with Gasteiger partial charge in [0.15, 0.2) is 0 Å². The predicted molar refractivity (Wildman–Crippen MR) is 70.5 cm³/mol. The summed E-state index contributed by atoms with van der Waals surface area (Å²) in [7, 11) is 0. The predicted octanol–water partition coefficient (Wildman–Crippen LogP) is 2.32. The van der Waals surface area contributed by atoms with Crippen molar-refractivity contribution >= 4 is 11.9 Å². The topological polar surface area (TPSA) is 70.8 Å². The first-order valence-corrected chi connectivity index (χ1v) is 6.44. The number of halogens is 1. The maximum absolute atomic E-state index is 13.3. The van der Waals surface area contributed by atoms with Gasteiger partial charge in [-0.15, -0.1) is 0 Å². The molecular formula is C15H12FNO4. The lowest BCUT2D eigenvalue weighted by Gasteiger charge is -2.27. The summed E-state index contributed by atoms with van der Waals surface area (Å²) in [5.41, 5.74) is 1.18. The van der Waals surface area contributed by atoms with Crippen LogP contribution in [0.5, 0.6) is 0 Å². The highest BCUT2D eigenvalue weighted by Gasteiger charge is 2.25. The number of amides is 1. The van der Waals surface area contributed by atoms with E-state index in [1.807, 2.05) is 0 Å². The molecule has 6 heteroatoms. The van der Waals surface area contributed by atoms with Gasteiger partial charge in [0, 0.05) is 12.1 Å². The fourth-order valence-electron chi connectivity index (χ4n) is 2.41. The summed E-state index contributed by atoms with van der Waals surface area (Å²) in [5.74, 6) is -1.65. The van der Waals surface area contributed by atoms with Gasteiger partial charge in [-0.2, -0.15) is 0 Å². The molecule has 2 aromatic rings. The van der Waals surface area contributed by atoms with Crippen LogP contribution in [0.15, 0.2) is 34.7 Å². The van der Waals surface area contributed by atoms with Crippen molar-refractivity contribution in [3.63, 3.8) is 0 Å². The van der Waals surface area contributed by atoms with Gasteiger partial charge in [-0.25, -0.2) is 9.18 Å². The van der Waals surface area contributed by atoms with E-state index in [2.05, 4.69) is 0 Å². The number of carboxylic acid groups (broad SMARTS) is 1. The van der Waals surface area contributed by atoms with Gasteiger partial charge in [-0.05, 0) is 36.2 Å². The van der Waals surface area contributed by atoms with Crippen LogP contribution < -0.4 is 0 Å². The maximum Gasteiger partial charge on any atom is 0.371 e. The zero-order chi connectivity index (χ0) is 15.0. The fourth-order valence-corrected chi connectivity index (χ4v) is 2.41. The molecule has 1 amide bonds. The van der Waals surface area contributed by atoms with Crippen molar-refractivity contribution in [3.05, 3.63) is 58.8 Å². The third-order valence-electron chi connectivity index (χ3n) is 3.46. The Hall–Kier alpha value is -2.63. The van der Waals surface area contributed by atoms with Crippen molar-refractivity contribution in [2.45, 2.75) is 13.0 Å². The molecule has 108 valence electrons. The van der Waals surface area contributed by atoms with Crippen LogP contribution in [-0.4, -0.2) is 28.4 Å². The summed E-state index contributed by atoms with van der Waals surface area (Å²) in [6.07, 6.45) is 0.633. The highest BCUT2D eigenvalue weighted by molar-refractivity contribution is 5.96. The molecule has 0 spiro atoms. The Kier molecular flexibility index (Phi) is 3.21. The summed E-state index contributed by atoms with van der Waals surface area (Å²) in [6, 6.07) is 7.06. The summed E-state index contributed by atoms with van der Waals surface area (Å²) in [6.45, 7) is 0.655. The van der Waals surface area contributed by atoms with Gasteiger partial charge < -0.3 is 14.4 Å². The van der Waals surface area contributed by atoms with E-state index in [1.54, 1.807) is 6.07 Å². The number of carboxylic acids is 1. The molecule has 0 bridgehead atoms. The van der Waals surface area contributed by atoms with Crippen LogP contribution in [-0.2, 0) is 13.0 Å². The lowest BCUT2D eigenvalue weighted by molar-refractivity contribution is 0.0655. The van der Waals surface area contributed by atoms with Gasteiger partial charge in [0.2, 0.25) is 5.76 Å². The van der Waals surface area contributed by atoms with Crippen molar-refractivity contribution in [2.75, 3.05) is 6.54 Å². The zero-order valence-corrected chi connectivity index (χ0v) is 11.0. The van der Waals surface area contributed by atoms with E-state index in [0.717, 1.165) is 5.56 Å². The monoisotopic (exact) mass is 289 g/mol. The molecule has 2 heterocycles. The molecule has 0 unspecified atom stereocenters. The Morgan fingerprint density at radius 1 is 1.33 bits per heavy atom. The fraction of sp³-hybridized carbons (Fsp3) is 0.200. The summed E-state index contributed by atoms with van der Waals surface area (Å²) in [5, 5.41) is 8.80. The van der Waals surface area contributed by atoms with Crippen molar-refractivity contribution < 1.29 is 23.5 Å². The van der Waals surface area contributed by atoms with E-state index in [1.165, 1.54) is 29.2 Å². The number of nitrogens with zero attached hydrogens (tertiary/aromatic N) is 1. The van der Waals surface area contributed by atoms with E-state index in [4.69, 9.17) is 9.52 Å². The largest absolute Gasteiger partial charge is 0.475 e. The number of furan rings is 1. The smallest absolute Gasteiger partial charge is 0.371 e. The van der Waals surface area contributed by atoms with Crippen LogP contribution >= 0.6 is 0 Å². The molecule has 1 aromatic carbocycles. The number of hydrogen-bond donors (Lipinski definition) is 1. The minimum Gasteiger partial charge on any atom is -0.475 e. The molecule has 0 fully saturated rings. The lowest BCUT2D eigenvalue weighted by atomic mass is 9.99. The normalized spacial score (nSPS) is 14.1. The Morgan fingerprint density at radius 3 is 2.86 bits per heavy atom. The van der Waals surface area contributed by atoms with Crippen molar-refractivity contribution in [3.8, 4) is 0 Å². The van der Waals surface area contributed by atoms with Gasteiger partial charge in [-0.3, -0.25) is 4.79 Å². The number of hydrogen-bond acceptors (Lipinski definition) is 3. The second kappa shape index (κ2) is 5.05. The van der Waals surface area contributed by atoms with Crippen molar-refractivity contribution in [1.82, 2.24) is 4.90 Å². The Bertz CT molecular complexity index is 722. The van der Waals surface area contributed by atoms with Gasteiger partial charge >= 0.3 is 5.97 Å². The number of fused-ring (bicyclic) bond motifs is 1. The summed E-state index contributed by atoms with van der Waals surface area (Å²) in [4.78, 5) is 24.6. The molecule has 1 aromatic heterocycles. The zero-order valence-electron chi connectivity index (χ0n) is 11.0. The Labute approximate surface area is 119 Å². The highest BCUT2D eigenvalue weighted by atomic mass is 19.1. The molecule has 1 aliphatic rings. The minimum absolute atomic E-state index is 0.166. The van der Waals surface area contributed by atoms with E-state index in [-0.39, 0.29) is 18.2 Å². The molecule has 1 N–H and O–H groups in total. The standard InChI is InChI=1S/C15H12FNO4/c16-10-2-1-9-5-6-17(14(18)12(9)7-10)8-11-3-4-13(21-11)15(19)20/h1-4,7H,5-6,8H2,(H,19,20). The van der Waals surface area contributed by atoms with Crippen molar-refractivity contribution in [1.29, 1.82) is 0 Å². The second-order valence-electron chi connectivity index (χ2n) is 4.85. The SMILES string of the molecule is O=C(O)c1ccc(CN2CCc3ccc(F)cc3C2=O)o1. The van der Waals surface area contributed by atoms with Crippen LogP contribution in [0, 0.1) is 5.82 Å². The number of benzene rings is 1. The first-order valence-electron chi connectivity index (χ1n) is 6.44. The highest BCUT2D eigenvalue weighted by Crippen LogP contribution is 2.22. The number of aromatic carboxylic acids is 1. The molecule has 0 atom stereocenters. The van der Waals surface area contributed by atoms with Crippen molar-refractivity contribution in [2.24, 2.45) is 0 Å². The van der Waals surface area contributed by atoms with Crippen LogP contribution in [0.1, 0.15) is 32.2 Å². The van der Waals surface area contributed by atoms with Crippen LogP contribution in [0.25, 0.3) is 0 Å². The molecule has 0 saturated heterocycles. The van der Waals surface area contributed by atoms with Crippen LogP contribution in [0.2, 0.25) is 0 Å². The van der Waals surface area contributed by atoms with E-state index < -0.39 is 11.8 Å². The number of carbonyl (C=O) groups excluding carboxylic acids is 1. The Balaban J connectivity index is 1.81. The second-order valence-corrected chi connectivity index (χ2v) is 4.85. The van der Waals surface area contributed by atoms with Crippen LogP contribution in [0.3, 0.4) is 0 Å². The van der Waals surface area contributed by atoms with Gasteiger partial charge in [0.25, 0.3) is 5.91 Å². The van der Waals surface area contributed by atoms with Crippen LogP contribution in [0.4, 0.5) is 4.39 Å². The van der Waals surface area contributed by atoms with E-state index in [9.17, 15) is 14.0 Å². The van der Waals surface area contributed by atoms with Gasteiger partial charge in [0.1, 0.15) is 11.6 Å². The average Bonchev–Trinajstić information content (AvgIpc) is 2.91. The van der Waals surface area contributed by atoms with Gasteiger partial charge in [-0.1, -0.05) is 6.07 Å². The quantitative estimate of drug-likeness (QED) is 0.941. The molecular weight excluding hydrogens is 277 g/mol. The Morgan fingerprint density at radius 2 is 2.14 bits per heavy atom. The molecule has 21 heavy (non-hydrogen) atoms. The molecule has 3 rings (SSSR count). The lowest BCUT2D eigenvalue weighted by Crippen LogP contribution is -2.37. The van der Waals surface area contributed by atoms with E-state index >= 15 is 0 Å². The molecule has 0 radical (unpaired) electrons. The first-order chi connectivity index (χ1) is 10.0. The molecule has 5 nitrogen and oxygen atoms in total. The molecule has 0 saturated carbocycles. The van der Waals surface area contributed by atoms with Gasteiger partial charge in [0.05, 0.1) is 6.54 Å². The summed E-state index contributed by atoms with van der Waals surface area (Å²) >= 11 is 0.